The van der Waals surface area contributed by atoms with Crippen molar-refractivity contribution in [3.05, 3.63) is 35.4 Å². The van der Waals surface area contributed by atoms with Gasteiger partial charge in [-0.1, -0.05) is 24.3 Å². The van der Waals surface area contributed by atoms with E-state index in [2.05, 4.69) is 0 Å². The van der Waals surface area contributed by atoms with Gasteiger partial charge in [-0.05, 0) is 5.56 Å². The number of alkyl halides is 3. The zero-order valence-electron chi connectivity index (χ0n) is 7.71. The lowest BCUT2D eigenvalue weighted by Crippen LogP contribution is -2.48. The molecule has 0 fully saturated rings. The molecule has 1 unspecified atom stereocenters. The molecule has 15 heavy (non-hydrogen) atoms. The summed E-state index contributed by atoms with van der Waals surface area (Å²) in [7, 11) is 0. The molecule has 1 N–H and O–H groups in total. The lowest BCUT2D eigenvalue weighted by atomic mass is 9.88. The second-order valence-electron chi connectivity index (χ2n) is 3.51. The van der Waals surface area contributed by atoms with E-state index < -0.39 is 18.4 Å². The van der Waals surface area contributed by atoms with Crippen LogP contribution in [-0.2, 0) is 16.9 Å². The first kappa shape index (κ1) is 10.4. The van der Waals surface area contributed by atoms with Crippen molar-refractivity contribution in [3.63, 3.8) is 0 Å². The third-order valence-corrected chi connectivity index (χ3v) is 2.50. The van der Waals surface area contributed by atoms with Crippen LogP contribution in [0.2, 0.25) is 0 Å². The van der Waals surface area contributed by atoms with Gasteiger partial charge < -0.3 is 9.84 Å². The molecule has 1 aliphatic rings. The van der Waals surface area contributed by atoms with E-state index in [-0.39, 0.29) is 12.2 Å². The maximum atomic E-state index is 12.7. The van der Waals surface area contributed by atoms with Gasteiger partial charge in [-0.3, -0.25) is 0 Å². The van der Waals surface area contributed by atoms with E-state index in [1.165, 1.54) is 18.2 Å². The maximum absolute atomic E-state index is 12.7. The molecule has 1 aromatic rings. The molecular formula is C10H9F3O2. The number of aliphatic hydroxyl groups is 1. The van der Waals surface area contributed by atoms with Crippen molar-refractivity contribution in [2.24, 2.45) is 0 Å². The molecular weight excluding hydrogens is 209 g/mol. The van der Waals surface area contributed by atoms with Crippen LogP contribution in [0.15, 0.2) is 24.3 Å². The number of halogens is 3. The Kier molecular flexibility index (Phi) is 2.24. The predicted molar refractivity (Wildman–Crippen MR) is 46.0 cm³/mol. The Labute approximate surface area is 84.3 Å². The van der Waals surface area contributed by atoms with Gasteiger partial charge in [0.05, 0.1) is 13.2 Å². The Morgan fingerprint density at radius 1 is 1.27 bits per heavy atom. The van der Waals surface area contributed by atoms with E-state index >= 15 is 0 Å². The molecule has 1 aromatic carbocycles. The molecule has 2 nitrogen and oxygen atoms in total. The van der Waals surface area contributed by atoms with Crippen LogP contribution in [0.5, 0.6) is 0 Å². The van der Waals surface area contributed by atoms with Gasteiger partial charge in [0.15, 0.2) is 0 Å². The summed E-state index contributed by atoms with van der Waals surface area (Å²) in [5, 5.41) is 9.61. The van der Waals surface area contributed by atoms with Crippen LogP contribution in [0, 0.1) is 0 Å². The average Bonchev–Trinajstić information content (AvgIpc) is 2.17. The van der Waals surface area contributed by atoms with Crippen molar-refractivity contribution < 1.29 is 23.0 Å². The topological polar surface area (TPSA) is 29.5 Å². The maximum Gasteiger partial charge on any atom is 0.423 e. The highest BCUT2D eigenvalue weighted by Crippen LogP contribution is 2.42. The highest BCUT2D eigenvalue weighted by molar-refractivity contribution is 5.34. The van der Waals surface area contributed by atoms with Crippen LogP contribution in [0.3, 0.4) is 0 Å². The monoisotopic (exact) mass is 218 g/mol. The first-order chi connectivity index (χ1) is 6.95. The lowest BCUT2D eigenvalue weighted by molar-refractivity contribution is -0.288. The molecule has 0 spiro atoms. The minimum absolute atomic E-state index is 0.106. The summed E-state index contributed by atoms with van der Waals surface area (Å²) in [5.41, 5.74) is -2.60. The number of benzene rings is 1. The quantitative estimate of drug-likeness (QED) is 0.721. The summed E-state index contributed by atoms with van der Waals surface area (Å²) in [6.07, 6.45) is -4.72. The number of rotatable bonds is 0. The third-order valence-electron chi connectivity index (χ3n) is 2.50. The van der Waals surface area contributed by atoms with Gasteiger partial charge in [-0.2, -0.15) is 13.2 Å². The van der Waals surface area contributed by atoms with Crippen LogP contribution in [0.1, 0.15) is 11.1 Å². The van der Waals surface area contributed by atoms with E-state index in [9.17, 15) is 18.3 Å². The van der Waals surface area contributed by atoms with Gasteiger partial charge >= 0.3 is 6.18 Å². The fourth-order valence-electron chi connectivity index (χ4n) is 1.67. The first-order valence-corrected chi connectivity index (χ1v) is 4.40. The normalized spacial score (nSPS) is 26.1. The minimum atomic E-state index is -4.72. The summed E-state index contributed by atoms with van der Waals surface area (Å²) in [6.45, 7) is -0.637. The standard InChI is InChI=1S/C10H9F3O2/c11-10(12,13)9(14)6-15-5-7-3-1-2-4-8(7)9/h1-4,14H,5-6H2. The molecule has 1 aliphatic heterocycles. The van der Waals surface area contributed by atoms with Crippen molar-refractivity contribution in [1.29, 1.82) is 0 Å². The van der Waals surface area contributed by atoms with Crippen molar-refractivity contribution in [1.82, 2.24) is 0 Å². The number of ether oxygens (including phenoxy) is 1. The largest absolute Gasteiger partial charge is 0.423 e. The summed E-state index contributed by atoms with van der Waals surface area (Å²) in [5.74, 6) is 0. The molecule has 0 aromatic heterocycles. The highest BCUT2D eigenvalue weighted by atomic mass is 19.4. The SMILES string of the molecule is OC1(C(F)(F)F)COCc2ccccc21. The Balaban J connectivity index is 2.55. The van der Waals surface area contributed by atoms with Gasteiger partial charge in [0.2, 0.25) is 5.60 Å². The van der Waals surface area contributed by atoms with Crippen LogP contribution < -0.4 is 0 Å². The summed E-state index contributed by atoms with van der Waals surface area (Å²) < 4.78 is 42.8. The molecule has 0 saturated carbocycles. The van der Waals surface area contributed by atoms with Crippen molar-refractivity contribution in [2.45, 2.75) is 18.4 Å². The van der Waals surface area contributed by atoms with E-state index in [0.717, 1.165) is 0 Å². The second kappa shape index (κ2) is 3.21. The van der Waals surface area contributed by atoms with Crippen LogP contribution in [0.4, 0.5) is 13.2 Å². The summed E-state index contributed by atoms with van der Waals surface area (Å²) >= 11 is 0. The molecule has 1 heterocycles. The van der Waals surface area contributed by atoms with E-state index in [1.807, 2.05) is 0 Å². The Morgan fingerprint density at radius 3 is 2.60 bits per heavy atom. The second-order valence-corrected chi connectivity index (χ2v) is 3.51. The molecule has 2 rings (SSSR count). The Bertz CT molecular complexity index is 375. The summed E-state index contributed by atoms with van der Waals surface area (Å²) in [4.78, 5) is 0. The molecule has 1 atom stereocenters. The van der Waals surface area contributed by atoms with Gasteiger partial charge in [0.1, 0.15) is 0 Å². The Hall–Kier alpha value is -1.07. The fraction of sp³-hybridized carbons (Fsp3) is 0.400. The average molecular weight is 218 g/mol. The number of hydrogen-bond donors (Lipinski definition) is 1. The van der Waals surface area contributed by atoms with Gasteiger partial charge in [0.25, 0.3) is 0 Å². The van der Waals surface area contributed by atoms with Crippen molar-refractivity contribution >= 4 is 0 Å². The smallest absolute Gasteiger partial charge is 0.375 e. The van der Waals surface area contributed by atoms with Crippen LogP contribution in [0.25, 0.3) is 0 Å². The van der Waals surface area contributed by atoms with Gasteiger partial charge in [-0.15, -0.1) is 0 Å². The van der Waals surface area contributed by atoms with Crippen molar-refractivity contribution in [2.75, 3.05) is 6.61 Å². The zero-order valence-corrected chi connectivity index (χ0v) is 7.71. The third kappa shape index (κ3) is 1.52. The van der Waals surface area contributed by atoms with Crippen LogP contribution >= 0.6 is 0 Å². The molecule has 0 saturated heterocycles. The fourth-order valence-corrected chi connectivity index (χ4v) is 1.67. The van der Waals surface area contributed by atoms with E-state index in [0.29, 0.717) is 5.56 Å². The Morgan fingerprint density at radius 2 is 1.93 bits per heavy atom. The molecule has 0 radical (unpaired) electrons. The van der Waals surface area contributed by atoms with E-state index in [4.69, 9.17) is 4.74 Å². The van der Waals surface area contributed by atoms with Crippen LogP contribution in [-0.4, -0.2) is 17.9 Å². The number of hydrogen-bond acceptors (Lipinski definition) is 2. The summed E-state index contributed by atoms with van der Waals surface area (Å²) in [6, 6.07) is 5.89. The van der Waals surface area contributed by atoms with Gasteiger partial charge in [-0.25, -0.2) is 0 Å². The first-order valence-electron chi connectivity index (χ1n) is 4.40. The minimum Gasteiger partial charge on any atom is -0.375 e. The van der Waals surface area contributed by atoms with E-state index in [1.54, 1.807) is 6.07 Å². The van der Waals surface area contributed by atoms with Gasteiger partial charge in [0, 0.05) is 5.56 Å². The molecule has 0 amide bonds. The highest BCUT2D eigenvalue weighted by Gasteiger charge is 2.57. The number of fused-ring (bicyclic) bond motifs is 1. The molecule has 82 valence electrons. The molecule has 0 bridgehead atoms. The molecule has 0 aliphatic carbocycles. The molecule has 5 heteroatoms. The lowest BCUT2D eigenvalue weighted by Gasteiger charge is -2.35. The predicted octanol–water partition coefficient (Wildman–Crippen LogP) is 1.97. The van der Waals surface area contributed by atoms with Crippen molar-refractivity contribution in [3.8, 4) is 0 Å². The zero-order chi connectivity index (χ0) is 11.1.